The Bertz CT molecular complexity index is 957. The van der Waals surface area contributed by atoms with Gasteiger partial charge in [-0.25, -0.2) is 13.1 Å². The number of fused-ring (bicyclic) bond motifs is 1. The quantitative estimate of drug-likeness (QED) is 0.661. The van der Waals surface area contributed by atoms with Gasteiger partial charge in [0, 0.05) is 16.8 Å². The molecular formula is C20H23NO2S2. The molecule has 132 valence electrons. The van der Waals surface area contributed by atoms with E-state index >= 15 is 0 Å². The molecule has 1 aromatic heterocycles. The third kappa shape index (κ3) is 3.94. The lowest BCUT2D eigenvalue weighted by molar-refractivity contribution is 0.566. The Morgan fingerprint density at radius 2 is 1.68 bits per heavy atom. The van der Waals surface area contributed by atoms with Crippen LogP contribution in [0, 0.1) is 0 Å². The number of sulfonamides is 1. The number of thiophene rings is 1. The Hall–Kier alpha value is -1.69. The van der Waals surface area contributed by atoms with E-state index in [1.165, 1.54) is 21.2 Å². The van der Waals surface area contributed by atoms with Crippen molar-refractivity contribution in [3.05, 3.63) is 59.5 Å². The van der Waals surface area contributed by atoms with Crippen molar-refractivity contribution >= 4 is 32.1 Å². The van der Waals surface area contributed by atoms with Crippen molar-refractivity contribution < 1.29 is 8.42 Å². The SMILES string of the molecule is CC(CNS(=O)(=O)C(C)C)c1ccc(-c2scc3ccccc23)cc1. The Morgan fingerprint density at radius 3 is 2.36 bits per heavy atom. The zero-order valence-corrected chi connectivity index (χ0v) is 16.3. The van der Waals surface area contributed by atoms with E-state index in [9.17, 15) is 8.42 Å². The lowest BCUT2D eigenvalue weighted by Gasteiger charge is -2.15. The van der Waals surface area contributed by atoms with Gasteiger partial charge >= 0.3 is 0 Å². The van der Waals surface area contributed by atoms with E-state index in [4.69, 9.17) is 0 Å². The van der Waals surface area contributed by atoms with E-state index in [0.717, 1.165) is 5.56 Å². The molecule has 1 N–H and O–H groups in total. The van der Waals surface area contributed by atoms with Crippen LogP contribution < -0.4 is 4.72 Å². The summed E-state index contributed by atoms with van der Waals surface area (Å²) < 4.78 is 26.5. The summed E-state index contributed by atoms with van der Waals surface area (Å²) in [6.07, 6.45) is 0. The Kier molecular flexibility index (Phi) is 5.27. The second kappa shape index (κ2) is 7.28. The average Bonchev–Trinajstić information content (AvgIpc) is 3.04. The van der Waals surface area contributed by atoms with Crippen LogP contribution in [0.3, 0.4) is 0 Å². The summed E-state index contributed by atoms with van der Waals surface area (Å²) in [6, 6.07) is 16.8. The van der Waals surface area contributed by atoms with E-state index in [0.29, 0.717) is 6.54 Å². The van der Waals surface area contributed by atoms with Crippen LogP contribution in [0.15, 0.2) is 53.9 Å². The van der Waals surface area contributed by atoms with Gasteiger partial charge in [-0.05, 0) is 41.7 Å². The third-order valence-electron chi connectivity index (χ3n) is 4.46. The first-order valence-electron chi connectivity index (χ1n) is 8.43. The van der Waals surface area contributed by atoms with Crippen LogP contribution in [0.2, 0.25) is 0 Å². The molecule has 0 saturated heterocycles. The predicted molar refractivity (Wildman–Crippen MR) is 108 cm³/mol. The number of nitrogens with one attached hydrogen (secondary N) is 1. The summed E-state index contributed by atoms with van der Waals surface area (Å²) in [5, 5.41) is 4.32. The van der Waals surface area contributed by atoms with Crippen LogP contribution in [0.1, 0.15) is 32.3 Å². The van der Waals surface area contributed by atoms with Crippen molar-refractivity contribution in [3.8, 4) is 10.4 Å². The highest BCUT2D eigenvalue weighted by molar-refractivity contribution is 7.90. The highest BCUT2D eigenvalue weighted by Gasteiger charge is 2.17. The molecule has 1 unspecified atom stereocenters. The Balaban J connectivity index is 1.76. The van der Waals surface area contributed by atoms with Gasteiger partial charge < -0.3 is 0 Å². The van der Waals surface area contributed by atoms with Gasteiger partial charge in [-0.3, -0.25) is 0 Å². The van der Waals surface area contributed by atoms with Crippen molar-refractivity contribution in [2.24, 2.45) is 0 Å². The van der Waals surface area contributed by atoms with E-state index in [1.807, 2.05) is 6.92 Å². The smallest absolute Gasteiger partial charge is 0.213 e. The van der Waals surface area contributed by atoms with Gasteiger partial charge in [0.1, 0.15) is 0 Å². The van der Waals surface area contributed by atoms with Crippen molar-refractivity contribution in [3.63, 3.8) is 0 Å². The normalized spacial score (nSPS) is 13.4. The van der Waals surface area contributed by atoms with Gasteiger partial charge in [0.2, 0.25) is 10.0 Å². The summed E-state index contributed by atoms with van der Waals surface area (Å²) in [5.41, 5.74) is 2.33. The van der Waals surface area contributed by atoms with Crippen LogP contribution in [-0.2, 0) is 10.0 Å². The molecular weight excluding hydrogens is 350 g/mol. The molecule has 3 aromatic rings. The Labute approximate surface area is 153 Å². The minimum Gasteiger partial charge on any atom is -0.214 e. The second-order valence-corrected chi connectivity index (χ2v) is 9.82. The van der Waals surface area contributed by atoms with Crippen molar-refractivity contribution in [2.75, 3.05) is 6.54 Å². The van der Waals surface area contributed by atoms with Crippen LogP contribution in [0.25, 0.3) is 21.2 Å². The summed E-state index contributed by atoms with van der Waals surface area (Å²) in [5.74, 6) is 0.127. The van der Waals surface area contributed by atoms with E-state index in [-0.39, 0.29) is 5.92 Å². The lowest BCUT2D eigenvalue weighted by Crippen LogP contribution is -2.33. The maximum absolute atomic E-state index is 11.9. The van der Waals surface area contributed by atoms with Gasteiger partial charge in [0.25, 0.3) is 0 Å². The molecule has 0 radical (unpaired) electrons. The monoisotopic (exact) mass is 373 g/mol. The largest absolute Gasteiger partial charge is 0.214 e. The number of hydrogen-bond donors (Lipinski definition) is 1. The first kappa shape index (κ1) is 18.1. The Morgan fingerprint density at radius 1 is 1.00 bits per heavy atom. The predicted octanol–water partition coefficient (Wildman–Crippen LogP) is 5.00. The molecule has 0 fully saturated rings. The molecule has 0 aliphatic rings. The fourth-order valence-corrected chi connectivity index (χ4v) is 4.56. The molecule has 0 amide bonds. The van der Waals surface area contributed by atoms with E-state index in [1.54, 1.807) is 25.2 Å². The zero-order valence-electron chi connectivity index (χ0n) is 14.7. The minimum atomic E-state index is -3.22. The van der Waals surface area contributed by atoms with Gasteiger partial charge in [-0.15, -0.1) is 11.3 Å². The topological polar surface area (TPSA) is 46.2 Å². The number of rotatable bonds is 6. The van der Waals surface area contributed by atoms with Crippen molar-refractivity contribution in [2.45, 2.75) is 31.9 Å². The molecule has 0 spiro atoms. The van der Waals surface area contributed by atoms with Crippen molar-refractivity contribution in [1.82, 2.24) is 4.72 Å². The molecule has 0 aliphatic carbocycles. The van der Waals surface area contributed by atoms with Gasteiger partial charge in [-0.2, -0.15) is 0 Å². The molecule has 5 heteroatoms. The maximum atomic E-state index is 11.9. The van der Waals surface area contributed by atoms with Crippen LogP contribution >= 0.6 is 11.3 Å². The fourth-order valence-electron chi connectivity index (χ4n) is 2.70. The highest BCUT2D eigenvalue weighted by Crippen LogP contribution is 2.35. The molecule has 3 rings (SSSR count). The van der Waals surface area contributed by atoms with Gasteiger partial charge in [0.05, 0.1) is 5.25 Å². The third-order valence-corrected chi connectivity index (χ3v) is 7.34. The first-order chi connectivity index (χ1) is 11.9. The molecule has 1 atom stereocenters. The first-order valence-corrected chi connectivity index (χ1v) is 10.9. The second-order valence-electron chi connectivity index (χ2n) is 6.62. The highest BCUT2D eigenvalue weighted by atomic mass is 32.2. The van der Waals surface area contributed by atoms with Crippen LogP contribution in [0.4, 0.5) is 0 Å². The van der Waals surface area contributed by atoms with E-state index < -0.39 is 15.3 Å². The molecule has 2 aromatic carbocycles. The van der Waals surface area contributed by atoms with Crippen LogP contribution in [-0.4, -0.2) is 20.2 Å². The fraction of sp³-hybridized carbons (Fsp3) is 0.300. The molecule has 0 bridgehead atoms. The average molecular weight is 374 g/mol. The molecule has 25 heavy (non-hydrogen) atoms. The summed E-state index contributed by atoms with van der Waals surface area (Å²) in [4.78, 5) is 1.27. The maximum Gasteiger partial charge on any atom is 0.213 e. The molecule has 1 heterocycles. The molecule has 0 saturated carbocycles. The van der Waals surface area contributed by atoms with Gasteiger partial charge in [0.15, 0.2) is 0 Å². The minimum absolute atomic E-state index is 0.127. The lowest BCUT2D eigenvalue weighted by atomic mass is 9.99. The number of benzene rings is 2. The van der Waals surface area contributed by atoms with Crippen LogP contribution in [0.5, 0.6) is 0 Å². The standard InChI is InChI=1S/C20H23NO2S2/c1-14(2)25(22,23)21-12-15(3)16-8-10-17(11-9-16)20-19-7-5-4-6-18(19)13-24-20/h4-11,13-15,21H,12H2,1-3H3. The summed E-state index contributed by atoms with van der Waals surface area (Å²) >= 11 is 1.76. The summed E-state index contributed by atoms with van der Waals surface area (Å²) in [7, 11) is -3.22. The molecule has 3 nitrogen and oxygen atoms in total. The van der Waals surface area contributed by atoms with E-state index in [2.05, 4.69) is 58.6 Å². The molecule has 0 aliphatic heterocycles. The van der Waals surface area contributed by atoms with Crippen molar-refractivity contribution in [1.29, 1.82) is 0 Å². The zero-order chi connectivity index (χ0) is 18.0. The summed E-state index contributed by atoms with van der Waals surface area (Å²) in [6.45, 7) is 5.83. The number of hydrogen-bond acceptors (Lipinski definition) is 3. The van der Waals surface area contributed by atoms with Gasteiger partial charge in [-0.1, -0.05) is 55.5 Å².